The molecule has 1 aliphatic carbocycles. The first kappa shape index (κ1) is 17.8. The van der Waals surface area contributed by atoms with Crippen LogP contribution in [0.5, 0.6) is 0 Å². The van der Waals surface area contributed by atoms with Crippen LogP contribution < -0.4 is 22.1 Å². The predicted octanol–water partition coefficient (Wildman–Crippen LogP) is 2.32. The monoisotopic (exact) mass is 352 g/mol. The Kier molecular flexibility index (Phi) is 5.41. The molecular formula is C20H24N4O2. The predicted molar refractivity (Wildman–Crippen MR) is 103 cm³/mol. The third kappa shape index (κ3) is 4.53. The smallest absolute Gasteiger partial charge is 0.251 e. The molecule has 2 aromatic carbocycles. The first-order valence-electron chi connectivity index (χ1n) is 8.84. The number of carbonyl (C=O) groups is 2. The van der Waals surface area contributed by atoms with Gasteiger partial charge in [0.25, 0.3) is 11.8 Å². The molecule has 6 heteroatoms. The molecule has 26 heavy (non-hydrogen) atoms. The Morgan fingerprint density at radius 1 is 0.654 bits per heavy atom. The lowest BCUT2D eigenvalue weighted by Gasteiger charge is -2.29. The van der Waals surface area contributed by atoms with Crippen molar-refractivity contribution in [1.82, 2.24) is 10.6 Å². The van der Waals surface area contributed by atoms with Crippen molar-refractivity contribution >= 4 is 23.2 Å². The molecule has 0 aromatic heterocycles. The average molecular weight is 352 g/mol. The van der Waals surface area contributed by atoms with E-state index in [0.717, 1.165) is 25.7 Å². The van der Waals surface area contributed by atoms with Gasteiger partial charge in [0.05, 0.1) is 0 Å². The fourth-order valence-electron chi connectivity index (χ4n) is 3.19. The summed E-state index contributed by atoms with van der Waals surface area (Å²) in [4.78, 5) is 24.5. The van der Waals surface area contributed by atoms with Crippen LogP contribution in [0.25, 0.3) is 0 Å². The summed E-state index contributed by atoms with van der Waals surface area (Å²) in [6, 6.07) is 14.0. The zero-order valence-corrected chi connectivity index (χ0v) is 14.6. The average Bonchev–Trinajstić information content (AvgIpc) is 2.64. The number of anilines is 2. The summed E-state index contributed by atoms with van der Waals surface area (Å²) < 4.78 is 0. The number of amides is 2. The summed E-state index contributed by atoms with van der Waals surface area (Å²) in [5.74, 6) is -0.168. The van der Waals surface area contributed by atoms with Crippen LogP contribution in [0.3, 0.4) is 0 Å². The first-order chi connectivity index (χ1) is 12.5. The SMILES string of the molecule is Nc1ccc(C(=O)NC2CCC(NC(=O)c3ccc(N)cc3)CC2)cc1. The van der Waals surface area contributed by atoms with Crippen LogP contribution in [0.2, 0.25) is 0 Å². The van der Waals surface area contributed by atoms with Crippen LogP contribution in [0, 0.1) is 0 Å². The fraction of sp³-hybridized carbons (Fsp3) is 0.300. The second kappa shape index (κ2) is 7.91. The van der Waals surface area contributed by atoms with E-state index in [4.69, 9.17) is 11.5 Å². The van der Waals surface area contributed by atoms with E-state index < -0.39 is 0 Å². The molecule has 0 radical (unpaired) electrons. The van der Waals surface area contributed by atoms with Crippen LogP contribution in [-0.2, 0) is 0 Å². The van der Waals surface area contributed by atoms with Crippen molar-refractivity contribution < 1.29 is 9.59 Å². The van der Waals surface area contributed by atoms with Gasteiger partial charge in [-0.15, -0.1) is 0 Å². The Morgan fingerprint density at radius 3 is 1.27 bits per heavy atom. The van der Waals surface area contributed by atoms with Gasteiger partial charge < -0.3 is 22.1 Å². The number of nitrogens with two attached hydrogens (primary N) is 2. The Morgan fingerprint density at radius 2 is 0.962 bits per heavy atom. The van der Waals surface area contributed by atoms with E-state index >= 15 is 0 Å². The van der Waals surface area contributed by atoms with Gasteiger partial charge in [0, 0.05) is 34.6 Å². The first-order valence-corrected chi connectivity index (χ1v) is 8.84. The minimum atomic E-state index is -0.0839. The molecule has 0 atom stereocenters. The van der Waals surface area contributed by atoms with E-state index in [0.29, 0.717) is 22.5 Å². The second-order valence-corrected chi connectivity index (χ2v) is 6.74. The lowest BCUT2D eigenvalue weighted by atomic mass is 9.90. The molecule has 6 N–H and O–H groups in total. The molecule has 2 amide bonds. The molecular weight excluding hydrogens is 328 g/mol. The highest BCUT2D eigenvalue weighted by Gasteiger charge is 2.24. The number of hydrogen-bond acceptors (Lipinski definition) is 4. The fourth-order valence-corrected chi connectivity index (χ4v) is 3.19. The molecule has 1 aliphatic rings. The topological polar surface area (TPSA) is 110 Å². The molecule has 0 spiro atoms. The molecule has 0 aliphatic heterocycles. The normalized spacial score (nSPS) is 19.5. The number of nitrogen functional groups attached to an aromatic ring is 2. The third-order valence-corrected chi connectivity index (χ3v) is 4.74. The zero-order valence-electron chi connectivity index (χ0n) is 14.6. The van der Waals surface area contributed by atoms with Gasteiger partial charge in [0.2, 0.25) is 0 Å². The van der Waals surface area contributed by atoms with E-state index in [-0.39, 0.29) is 23.9 Å². The van der Waals surface area contributed by atoms with E-state index in [1.54, 1.807) is 48.5 Å². The van der Waals surface area contributed by atoms with Crippen molar-refractivity contribution in [3.05, 3.63) is 59.7 Å². The van der Waals surface area contributed by atoms with E-state index in [1.807, 2.05) is 0 Å². The highest BCUT2D eigenvalue weighted by atomic mass is 16.2. The van der Waals surface area contributed by atoms with Crippen molar-refractivity contribution in [2.24, 2.45) is 0 Å². The van der Waals surface area contributed by atoms with E-state index in [1.165, 1.54) is 0 Å². The Labute approximate surface area is 153 Å². The van der Waals surface area contributed by atoms with Crippen LogP contribution >= 0.6 is 0 Å². The maximum atomic E-state index is 12.3. The molecule has 0 unspecified atom stereocenters. The molecule has 6 nitrogen and oxygen atoms in total. The number of benzene rings is 2. The zero-order chi connectivity index (χ0) is 18.5. The molecule has 0 heterocycles. The van der Waals surface area contributed by atoms with Crippen molar-refractivity contribution in [3.8, 4) is 0 Å². The van der Waals surface area contributed by atoms with Crippen LogP contribution in [-0.4, -0.2) is 23.9 Å². The number of nitrogens with one attached hydrogen (secondary N) is 2. The van der Waals surface area contributed by atoms with E-state index in [2.05, 4.69) is 10.6 Å². The van der Waals surface area contributed by atoms with Crippen molar-refractivity contribution in [1.29, 1.82) is 0 Å². The minimum Gasteiger partial charge on any atom is -0.399 e. The second-order valence-electron chi connectivity index (χ2n) is 6.74. The van der Waals surface area contributed by atoms with Gasteiger partial charge in [0.1, 0.15) is 0 Å². The van der Waals surface area contributed by atoms with Crippen molar-refractivity contribution in [3.63, 3.8) is 0 Å². The minimum absolute atomic E-state index is 0.0839. The highest BCUT2D eigenvalue weighted by molar-refractivity contribution is 5.95. The standard InChI is InChI=1S/C20H24N4O2/c21-15-5-1-13(2-6-15)19(25)23-17-9-11-18(12-10-17)24-20(26)14-3-7-16(22)8-4-14/h1-8,17-18H,9-12,21-22H2,(H,23,25)(H,24,26). The molecule has 0 bridgehead atoms. The molecule has 136 valence electrons. The van der Waals surface area contributed by atoms with Gasteiger partial charge in [-0.05, 0) is 74.2 Å². The van der Waals surface area contributed by atoms with Gasteiger partial charge in [-0.3, -0.25) is 9.59 Å². The number of carbonyl (C=O) groups excluding carboxylic acids is 2. The van der Waals surface area contributed by atoms with Crippen LogP contribution in [0.4, 0.5) is 11.4 Å². The van der Waals surface area contributed by atoms with Crippen molar-refractivity contribution in [2.45, 2.75) is 37.8 Å². The molecule has 0 saturated heterocycles. The molecule has 3 rings (SSSR count). The van der Waals surface area contributed by atoms with Crippen LogP contribution in [0.1, 0.15) is 46.4 Å². The van der Waals surface area contributed by atoms with Gasteiger partial charge >= 0.3 is 0 Å². The maximum absolute atomic E-state index is 12.3. The maximum Gasteiger partial charge on any atom is 0.251 e. The number of rotatable bonds is 4. The lowest BCUT2D eigenvalue weighted by Crippen LogP contribution is -2.43. The van der Waals surface area contributed by atoms with Gasteiger partial charge in [-0.25, -0.2) is 0 Å². The summed E-state index contributed by atoms with van der Waals surface area (Å²) in [7, 11) is 0. The summed E-state index contributed by atoms with van der Waals surface area (Å²) in [6.45, 7) is 0. The van der Waals surface area contributed by atoms with Gasteiger partial charge in [-0.2, -0.15) is 0 Å². The van der Waals surface area contributed by atoms with Crippen molar-refractivity contribution in [2.75, 3.05) is 11.5 Å². The summed E-state index contributed by atoms with van der Waals surface area (Å²) >= 11 is 0. The van der Waals surface area contributed by atoms with Gasteiger partial charge in [-0.1, -0.05) is 0 Å². The molecule has 1 saturated carbocycles. The van der Waals surface area contributed by atoms with Gasteiger partial charge in [0.15, 0.2) is 0 Å². The Bertz CT molecular complexity index is 696. The summed E-state index contributed by atoms with van der Waals surface area (Å²) in [5, 5.41) is 6.12. The number of hydrogen-bond donors (Lipinski definition) is 4. The van der Waals surface area contributed by atoms with E-state index in [9.17, 15) is 9.59 Å². The third-order valence-electron chi connectivity index (χ3n) is 4.74. The van der Waals surface area contributed by atoms with Crippen LogP contribution in [0.15, 0.2) is 48.5 Å². The largest absolute Gasteiger partial charge is 0.399 e. The Hall–Kier alpha value is -3.02. The molecule has 2 aromatic rings. The summed E-state index contributed by atoms with van der Waals surface area (Å²) in [5.41, 5.74) is 13.8. The summed E-state index contributed by atoms with van der Waals surface area (Å²) in [6.07, 6.45) is 3.36. The lowest BCUT2D eigenvalue weighted by molar-refractivity contribution is 0.0892. The molecule has 1 fully saturated rings. The quantitative estimate of drug-likeness (QED) is 0.633. The Balaban J connectivity index is 1.46. The highest BCUT2D eigenvalue weighted by Crippen LogP contribution is 2.20.